The molecule has 1 atom stereocenters. The molecule has 0 aliphatic rings. The third kappa shape index (κ3) is 3.34. The summed E-state index contributed by atoms with van der Waals surface area (Å²) in [4.78, 5) is 13.1. The van der Waals surface area contributed by atoms with Crippen molar-refractivity contribution in [2.75, 3.05) is 20.3 Å². The van der Waals surface area contributed by atoms with E-state index in [2.05, 4.69) is 5.32 Å². The monoisotopic (exact) mass is 159 g/mol. The molecule has 0 aliphatic carbocycles. The van der Waals surface area contributed by atoms with E-state index in [0.29, 0.717) is 0 Å². The molecule has 0 rings (SSSR count). The second-order valence-electron chi connectivity index (χ2n) is 2.49. The number of likely N-dealkylation sites (N-methyl/N-ethyl adjacent to an activating group) is 1. The van der Waals surface area contributed by atoms with Gasteiger partial charge in [-0.25, -0.2) is 0 Å². The smallest absolute Gasteiger partial charge is 0.238 e. The van der Waals surface area contributed by atoms with Crippen molar-refractivity contribution in [2.45, 2.75) is 19.9 Å². The summed E-state index contributed by atoms with van der Waals surface area (Å²) in [6.07, 6.45) is 0. The molecule has 0 aliphatic heterocycles. The Labute approximate surface area is 67.7 Å². The molecule has 0 radical (unpaired) electrons. The van der Waals surface area contributed by atoms with E-state index in [1.165, 1.54) is 0 Å². The highest BCUT2D eigenvalue weighted by Gasteiger charge is 2.14. The first-order chi connectivity index (χ1) is 5.13. The van der Waals surface area contributed by atoms with Crippen LogP contribution in [0.5, 0.6) is 0 Å². The highest BCUT2D eigenvalue weighted by Crippen LogP contribution is 1.93. The molecule has 4 nitrogen and oxygen atoms in total. The SMILES string of the molecule is CCN(C)[C@@H](C)C(=O)NCN. The van der Waals surface area contributed by atoms with Crippen LogP contribution in [-0.2, 0) is 4.79 Å². The lowest BCUT2D eigenvalue weighted by atomic mass is 10.3. The van der Waals surface area contributed by atoms with Crippen molar-refractivity contribution in [3.05, 3.63) is 0 Å². The van der Waals surface area contributed by atoms with Gasteiger partial charge in [0.2, 0.25) is 5.91 Å². The van der Waals surface area contributed by atoms with Crippen LogP contribution in [0.3, 0.4) is 0 Å². The highest BCUT2D eigenvalue weighted by molar-refractivity contribution is 5.81. The number of nitrogens with zero attached hydrogens (tertiary/aromatic N) is 1. The Hall–Kier alpha value is -0.610. The quantitative estimate of drug-likeness (QED) is 0.536. The molecule has 1 amide bonds. The van der Waals surface area contributed by atoms with Crippen LogP contribution in [-0.4, -0.2) is 37.1 Å². The van der Waals surface area contributed by atoms with E-state index >= 15 is 0 Å². The second kappa shape index (κ2) is 5.09. The molecule has 0 fully saturated rings. The Morgan fingerprint density at radius 1 is 1.73 bits per heavy atom. The van der Waals surface area contributed by atoms with Gasteiger partial charge in [0.05, 0.1) is 12.7 Å². The number of rotatable bonds is 4. The lowest BCUT2D eigenvalue weighted by molar-refractivity contribution is -0.125. The van der Waals surface area contributed by atoms with Crippen LogP contribution in [0.4, 0.5) is 0 Å². The average Bonchev–Trinajstić information content (AvgIpc) is 2.02. The fourth-order valence-corrected chi connectivity index (χ4v) is 0.722. The molecule has 0 heterocycles. The number of carbonyl (C=O) groups is 1. The maximum Gasteiger partial charge on any atom is 0.238 e. The maximum atomic E-state index is 11.1. The molecule has 3 N–H and O–H groups in total. The zero-order valence-corrected chi connectivity index (χ0v) is 7.42. The zero-order valence-electron chi connectivity index (χ0n) is 7.42. The van der Waals surface area contributed by atoms with Gasteiger partial charge in [0.25, 0.3) is 0 Å². The predicted octanol–water partition coefficient (Wildman–Crippen LogP) is -0.641. The average molecular weight is 159 g/mol. The number of hydrogen-bond donors (Lipinski definition) is 2. The van der Waals surface area contributed by atoms with Gasteiger partial charge in [0, 0.05) is 0 Å². The Morgan fingerprint density at radius 3 is 2.64 bits per heavy atom. The van der Waals surface area contributed by atoms with E-state index in [9.17, 15) is 4.79 Å². The van der Waals surface area contributed by atoms with E-state index in [1.807, 2.05) is 25.8 Å². The Bertz CT molecular complexity index is 127. The van der Waals surface area contributed by atoms with Crippen LogP contribution >= 0.6 is 0 Å². The number of amides is 1. The van der Waals surface area contributed by atoms with E-state index in [0.717, 1.165) is 6.54 Å². The lowest BCUT2D eigenvalue weighted by Crippen LogP contribution is -2.44. The summed E-state index contributed by atoms with van der Waals surface area (Å²) in [5, 5.41) is 2.56. The Balaban J connectivity index is 3.80. The molecule has 4 heteroatoms. The third-order valence-electron chi connectivity index (χ3n) is 1.82. The van der Waals surface area contributed by atoms with Gasteiger partial charge in [-0.15, -0.1) is 0 Å². The summed E-state index contributed by atoms with van der Waals surface area (Å²) < 4.78 is 0. The molecule has 66 valence electrons. The minimum Gasteiger partial charge on any atom is -0.342 e. The van der Waals surface area contributed by atoms with E-state index in [-0.39, 0.29) is 18.6 Å². The summed E-state index contributed by atoms with van der Waals surface area (Å²) >= 11 is 0. The topological polar surface area (TPSA) is 58.4 Å². The molecule has 0 saturated heterocycles. The molecular weight excluding hydrogens is 142 g/mol. The molecule has 0 unspecified atom stereocenters. The summed E-state index contributed by atoms with van der Waals surface area (Å²) in [5.41, 5.74) is 5.16. The first kappa shape index (κ1) is 10.4. The second-order valence-corrected chi connectivity index (χ2v) is 2.49. The fraction of sp³-hybridized carbons (Fsp3) is 0.857. The molecule has 0 saturated carbocycles. The maximum absolute atomic E-state index is 11.1. The van der Waals surface area contributed by atoms with Gasteiger partial charge < -0.3 is 11.1 Å². The molecular formula is C7H17N3O. The molecule has 11 heavy (non-hydrogen) atoms. The van der Waals surface area contributed by atoms with Crippen molar-refractivity contribution in [3.63, 3.8) is 0 Å². The van der Waals surface area contributed by atoms with Gasteiger partial charge in [0.15, 0.2) is 0 Å². The van der Waals surface area contributed by atoms with Crippen molar-refractivity contribution in [2.24, 2.45) is 5.73 Å². The number of nitrogens with one attached hydrogen (secondary N) is 1. The first-order valence-corrected chi connectivity index (χ1v) is 3.81. The largest absolute Gasteiger partial charge is 0.342 e. The normalized spacial score (nSPS) is 13.2. The molecule has 0 bridgehead atoms. The van der Waals surface area contributed by atoms with Crippen LogP contribution in [0.2, 0.25) is 0 Å². The molecule has 0 aromatic carbocycles. The number of carbonyl (C=O) groups excluding carboxylic acids is 1. The minimum absolute atomic E-state index is 0.0168. The summed E-state index contributed by atoms with van der Waals surface area (Å²) in [7, 11) is 1.90. The molecule has 0 spiro atoms. The van der Waals surface area contributed by atoms with Crippen molar-refractivity contribution in [1.82, 2.24) is 10.2 Å². The fourth-order valence-electron chi connectivity index (χ4n) is 0.722. The first-order valence-electron chi connectivity index (χ1n) is 3.81. The molecule has 0 aromatic heterocycles. The Morgan fingerprint density at radius 2 is 2.27 bits per heavy atom. The van der Waals surface area contributed by atoms with Gasteiger partial charge in [-0.3, -0.25) is 9.69 Å². The van der Waals surface area contributed by atoms with Crippen LogP contribution in [0.25, 0.3) is 0 Å². The predicted molar refractivity (Wildman–Crippen MR) is 45.0 cm³/mol. The standard InChI is InChI=1S/C7H17N3O/c1-4-10(3)6(2)7(11)9-5-8/h6H,4-5,8H2,1-3H3,(H,9,11)/t6-/m0/s1. The highest BCUT2D eigenvalue weighted by atomic mass is 16.2. The van der Waals surface area contributed by atoms with Crippen molar-refractivity contribution >= 4 is 5.91 Å². The summed E-state index contributed by atoms with van der Waals surface area (Å²) in [5.74, 6) is -0.0168. The van der Waals surface area contributed by atoms with Gasteiger partial charge in [0.1, 0.15) is 0 Å². The van der Waals surface area contributed by atoms with E-state index in [4.69, 9.17) is 5.73 Å². The van der Waals surface area contributed by atoms with Gasteiger partial charge in [-0.1, -0.05) is 6.92 Å². The van der Waals surface area contributed by atoms with Gasteiger partial charge >= 0.3 is 0 Å². The molecule has 0 aromatic rings. The van der Waals surface area contributed by atoms with Crippen LogP contribution < -0.4 is 11.1 Å². The lowest BCUT2D eigenvalue weighted by Gasteiger charge is -2.21. The van der Waals surface area contributed by atoms with Crippen LogP contribution in [0.15, 0.2) is 0 Å². The van der Waals surface area contributed by atoms with Crippen LogP contribution in [0.1, 0.15) is 13.8 Å². The number of hydrogen-bond acceptors (Lipinski definition) is 3. The van der Waals surface area contributed by atoms with Crippen LogP contribution in [0, 0.1) is 0 Å². The van der Waals surface area contributed by atoms with Crippen molar-refractivity contribution in [3.8, 4) is 0 Å². The van der Waals surface area contributed by atoms with Crippen molar-refractivity contribution in [1.29, 1.82) is 0 Å². The summed E-state index contributed by atoms with van der Waals surface area (Å²) in [6, 6.07) is -0.0939. The zero-order chi connectivity index (χ0) is 8.85. The minimum atomic E-state index is -0.0939. The number of nitrogens with two attached hydrogens (primary N) is 1. The summed E-state index contributed by atoms with van der Waals surface area (Å²) in [6.45, 7) is 4.93. The Kier molecular flexibility index (Phi) is 4.81. The van der Waals surface area contributed by atoms with Crippen molar-refractivity contribution < 1.29 is 4.79 Å². The van der Waals surface area contributed by atoms with Gasteiger partial charge in [-0.05, 0) is 20.5 Å². The van der Waals surface area contributed by atoms with Gasteiger partial charge in [-0.2, -0.15) is 0 Å². The third-order valence-corrected chi connectivity index (χ3v) is 1.82. The van der Waals surface area contributed by atoms with E-state index in [1.54, 1.807) is 0 Å². The van der Waals surface area contributed by atoms with E-state index < -0.39 is 0 Å².